The van der Waals surface area contributed by atoms with E-state index in [1.807, 2.05) is 6.92 Å². The predicted octanol–water partition coefficient (Wildman–Crippen LogP) is 3.79. The molecule has 2 heteroatoms. The van der Waals surface area contributed by atoms with Crippen molar-refractivity contribution in [2.75, 3.05) is 6.61 Å². The smallest absolute Gasteiger partial charge is 0.305 e. The number of carbonyl (C=O) groups is 1. The molecule has 0 saturated heterocycles. The molecule has 90 valence electrons. The van der Waals surface area contributed by atoms with Crippen molar-refractivity contribution in [1.82, 2.24) is 0 Å². The fraction of sp³-hybridized carbons (Fsp3) is 0.923. The Morgan fingerprint density at radius 1 is 1.00 bits per heavy atom. The fourth-order valence-corrected chi connectivity index (χ4v) is 2.26. The van der Waals surface area contributed by atoms with Crippen molar-refractivity contribution in [2.24, 2.45) is 11.8 Å². The molecule has 0 rings (SSSR count). The third-order valence-electron chi connectivity index (χ3n) is 3.26. The molecular weight excluding hydrogens is 188 g/mol. The molecule has 0 aromatic heterocycles. The minimum Gasteiger partial charge on any atom is -0.466 e. The Morgan fingerprint density at radius 2 is 1.53 bits per heavy atom. The number of hydrogen-bond donors (Lipinski definition) is 0. The zero-order chi connectivity index (χ0) is 11.7. The Hall–Kier alpha value is -0.530. The molecule has 1 atom stereocenters. The van der Waals surface area contributed by atoms with Gasteiger partial charge in [-0.15, -0.1) is 0 Å². The summed E-state index contributed by atoms with van der Waals surface area (Å²) in [7, 11) is 0. The molecule has 15 heavy (non-hydrogen) atoms. The van der Waals surface area contributed by atoms with Crippen molar-refractivity contribution in [2.45, 2.75) is 59.8 Å². The fourth-order valence-electron chi connectivity index (χ4n) is 2.26. The highest BCUT2D eigenvalue weighted by Gasteiger charge is 2.17. The Labute approximate surface area is 94.4 Å². The number of rotatable bonds is 8. The van der Waals surface area contributed by atoms with Crippen molar-refractivity contribution in [1.29, 1.82) is 0 Å². The molecule has 0 N–H and O–H groups in total. The molecule has 0 aromatic carbocycles. The van der Waals surface area contributed by atoms with Crippen LogP contribution in [-0.2, 0) is 9.53 Å². The first-order valence-electron chi connectivity index (χ1n) is 6.35. The van der Waals surface area contributed by atoms with Gasteiger partial charge in [0.05, 0.1) is 6.61 Å². The second kappa shape index (κ2) is 8.75. The van der Waals surface area contributed by atoms with Crippen LogP contribution in [0, 0.1) is 11.8 Å². The molecule has 0 fully saturated rings. The molecule has 0 amide bonds. The van der Waals surface area contributed by atoms with Gasteiger partial charge in [-0.25, -0.2) is 0 Å². The largest absolute Gasteiger partial charge is 0.466 e. The number of esters is 1. The van der Waals surface area contributed by atoms with Gasteiger partial charge in [-0.3, -0.25) is 4.79 Å². The standard InChI is InChI=1S/C13H26O2/c1-5-11(6-2)12(7-3)9-10-13(14)15-8-4/h11-12H,5-10H2,1-4H3. The van der Waals surface area contributed by atoms with Crippen LogP contribution in [0.3, 0.4) is 0 Å². The van der Waals surface area contributed by atoms with Crippen LogP contribution < -0.4 is 0 Å². The first-order valence-corrected chi connectivity index (χ1v) is 6.35. The van der Waals surface area contributed by atoms with Crippen molar-refractivity contribution in [3.8, 4) is 0 Å². The normalized spacial score (nSPS) is 12.9. The first kappa shape index (κ1) is 14.5. The summed E-state index contributed by atoms with van der Waals surface area (Å²) in [6.07, 6.45) is 5.19. The van der Waals surface area contributed by atoms with E-state index in [0.29, 0.717) is 18.9 Å². The van der Waals surface area contributed by atoms with Crippen molar-refractivity contribution < 1.29 is 9.53 Å². The van der Waals surface area contributed by atoms with Gasteiger partial charge >= 0.3 is 5.97 Å². The van der Waals surface area contributed by atoms with Gasteiger partial charge in [0.1, 0.15) is 0 Å². The zero-order valence-electron chi connectivity index (χ0n) is 10.7. The van der Waals surface area contributed by atoms with Gasteiger partial charge in [0.2, 0.25) is 0 Å². The lowest BCUT2D eigenvalue weighted by atomic mass is 9.83. The summed E-state index contributed by atoms with van der Waals surface area (Å²) in [6.45, 7) is 9.05. The van der Waals surface area contributed by atoms with Gasteiger partial charge in [0.15, 0.2) is 0 Å². The maximum absolute atomic E-state index is 11.2. The number of carbonyl (C=O) groups excluding carboxylic acids is 1. The average Bonchev–Trinajstić information content (AvgIpc) is 2.24. The van der Waals surface area contributed by atoms with Crippen LogP contribution in [0.2, 0.25) is 0 Å². The van der Waals surface area contributed by atoms with Crippen LogP contribution in [0.1, 0.15) is 59.8 Å². The molecule has 0 aliphatic heterocycles. The quantitative estimate of drug-likeness (QED) is 0.575. The highest BCUT2D eigenvalue weighted by Crippen LogP contribution is 2.26. The van der Waals surface area contributed by atoms with Crippen molar-refractivity contribution in [3.63, 3.8) is 0 Å². The highest BCUT2D eigenvalue weighted by atomic mass is 16.5. The van der Waals surface area contributed by atoms with E-state index in [4.69, 9.17) is 4.74 Å². The molecule has 0 radical (unpaired) electrons. The molecule has 0 aliphatic rings. The van der Waals surface area contributed by atoms with Crippen molar-refractivity contribution in [3.05, 3.63) is 0 Å². The maximum Gasteiger partial charge on any atom is 0.305 e. The monoisotopic (exact) mass is 214 g/mol. The molecule has 0 bridgehead atoms. The zero-order valence-corrected chi connectivity index (χ0v) is 10.7. The topological polar surface area (TPSA) is 26.3 Å². The first-order chi connectivity index (χ1) is 7.19. The van der Waals surface area contributed by atoms with Gasteiger partial charge in [0, 0.05) is 6.42 Å². The van der Waals surface area contributed by atoms with E-state index >= 15 is 0 Å². The summed E-state index contributed by atoms with van der Waals surface area (Å²) >= 11 is 0. The second-order valence-corrected chi connectivity index (χ2v) is 4.09. The summed E-state index contributed by atoms with van der Waals surface area (Å²) < 4.78 is 4.94. The lowest BCUT2D eigenvalue weighted by Crippen LogP contribution is -2.15. The molecule has 0 saturated carbocycles. The van der Waals surface area contributed by atoms with E-state index in [0.717, 1.165) is 12.3 Å². The Bertz CT molecular complexity index is 162. The summed E-state index contributed by atoms with van der Waals surface area (Å²) in [4.78, 5) is 11.2. The van der Waals surface area contributed by atoms with Crippen molar-refractivity contribution >= 4 is 5.97 Å². The van der Waals surface area contributed by atoms with Gasteiger partial charge in [-0.2, -0.15) is 0 Å². The number of ether oxygens (including phenoxy) is 1. The summed E-state index contributed by atoms with van der Waals surface area (Å²) in [5, 5.41) is 0. The number of hydrogen-bond acceptors (Lipinski definition) is 2. The molecular formula is C13H26O2. The second-order valence-electron chi connectivity index (χ2n) is 4.09. The Morgan fingerprint density at radius 3 is 1.93 bits per heavy atom. The van der Waals surface area contributed by atoms with E-state index in [2.05, 4.69) is 20.8 Å². The van der Waals surface area contributed by atoms with E-state index in [-0.39, 0.29) is 5.97 Å². The van der Waals surface area contributed by atoms with Crippen LogP contribution in [-0.4, -0.2) is 12.6 Å². The van der Waals surface area contributed by atoms with Crippen LogP contribution >= 0.6 is 0 Å². The highest BCUT2D eigenvalue weighted by molar-refractivity contribution is 5.69. The Balaban J connectivity index is 3.93. The van der Waals surface area contributed by atoms with E-state index < -0.39 is 0 Å². The SMILES string of the molecule is CCOC(=O)CCC(CC)C(CC)CC. The minimum atomic E-state index is -0.0399. The molecule has 0 spiro atoms. The van der Waals surface area contributed by atoms with Gasteiger partial charge in [-0.05, 0) is 25.2 Å². The lowest BCUT2D eigenvalue weighted by Gasteiger charge is -2.23. The van der Waals surface area contributed by atoms with Crippen LogP contribution in [0.5, 0.6) is 0 Å². The van der Waals surface area contributed by atoms with Gasteiger partial charge in [0.25, 0.3) is 0 Å². The predicted molar refractivity (Wildman–Crippen MR) is 63.7 cm³/mol. The summed E-state index contributed by atoms with van der Waals surface area (Å²) in [6, 6.07) is 0. The molecule has 1 unspecified atom stereocenters. The summed E-state index contributed by atoms with van der Waals surface area (Å²) in [5.41, 5.74) is 0. The van der Waals surface area contributed by atoms with Crippen LogP contribution in [0.15, 0.2) is 0 Å². The third-order valence-corrected chi connectivity index (χ3v) is 3.26. The van der Waals surface area contributed by atoms with Crippen LogP contribution in [0.4, 0.5) is 0 Å². The van der Waals surface area contributed by atoms with Gasteiger partial charge in [-0.1, -0.05) is 40.0 Å². The maximum atomic E-state index is 11.2. The van der Waals surface area contributed by atoms with E-state index in [1.165, 1.54) is 19.3 Å². The van der Waals surface area contributed by atoms with E-state index in [1.54, 1.807) is 0 Å². The molecule has 2 nitrogen and oxygen atoms in total. The van der Waals surface area contributed by atoms with Crippen LogP contribution in [0.25, 0.3) is 0 Å². The lowest BCUT2D eigenvalue weighted by molar-refractivity contribution is -0.143. The average molecular weight is 214 g/mol. The summed E-state index contributed by atoms with van der Waals surface area (Å²) in [5.74, 6) is 1.41. The molecule has 0 aliphatic carbocycles. The third kappa shape index (κ3) is 5.81. The Kier molecular flexibility index (Phi) is 8.44. The molecule has 0 aromatic rings. The van der Waals surface area contributed by atoms with Gasteiger partial charge < -0.3 is 4.74 Å². The molecule has 0 heterocycles. The minimum absolute atomic E-state index is 0.0399. The van der Waals surface area contributed by atoms with E-state index in [9.17, 15) is 4.79 Å².